The van der Waals surface area contributed by atoms with Gasteiger partial charge in [-0.15, -0.1) is 0 Å². The highest BCUT2D eigenvalue weighted by molar-refractivity contribution is 5.37. The number of nitrogens with two attached hydrogens (primary N) is 1. The second-order valence-corrected chi connectivity index (χ2v) is 4.47. The Kier molecular flexibility index (Phi) is 4.17. The minimum Gasteiger partial charge on any atom is -0.383 e. The number of pyridine rings is 1. The topological polar surface area (TPSA) is 48.1 Å². The lowest BCUT2D eigenvalue weighted by molar-refractivity contribution is 0.0312. The first-order chi connectivity index (χ1) is 7.86. The minimum atomic E-state index is 0.419. The molecule has 1 aliphatic rings. The summed E-state index contributed by atoms with van der Waals surface area (Å²) in [4.78, 5) is 4.06. The Hall–Kier alpha value is -1.09. The first-order valence-electron chi connectivity index (χ1n) is 6.17. The lowest BCUT2D eigenvalue weighted by Gasteiger charge is -2.15. The summed E-state index contributed by atoms with van der Waals surface area (Å²) in [6, 6.07) is 3.89. The average molecular weight is 220 g/mol. The molecular weight excluding hydrogens is 200 g/mol. The van der Waals surface area contributed by atoms with Gasteiger partial charge in [0.15, 0.2) is 0 Å². The number of nitrogen functional groups attached to an aromatic ring is 1. The lowest BCUT2D eigenvalue weighted by atomic mass is 10.1. The van der Waals surface area contributed by atoms with Crippen molar-refractivity contribution in [3.63, 3.8) is 0 Å². The molecule has 0 atom stereocenters. The summed E-state index contributed by atoms with van der Waals surface area (Å²) >= 11 is 0. The summed E-state index contributed by atoms with van der Waals surface area (Å²) in [7, 11) is 0. The van der Waals surface area contributed by atoms with Gasteiger partial charge in [0.25, 0.3) is 0 Å². The number of nitrogens with zero attached hydrogens (tertiary/aromatic N) is 1. The SMILES string of the molecule is Nc1ncccc1COC1CCCCCC1. The van der Waals surface area contributed by atoms with Crippen LogP contribution in [-0.4, -0.2) is 11.1 Å². The molecule has 3 heteroatoms. The Labute approximate surface area is 97.0 Å². The predicted octanol–water partition coefficient (Wildman–Crippen LogP) is 2.90. The molecule has 1 heterocycles. The van der Waals surface area contributed by atoms with Gasteiger partial charge >= 0.3 is 0 Å². The third-order valence-corrected chi connectivity index (χ3v) is 3.20. The summed E-state index contributed by atoms with van der Waals surface area (Å²) in [5.74, 6) is 0.594. The van der Waals surface area contributed by atoms with E-state index >= 15 is 0 Å². The Bertz CT molecular complexity index is 319. The molecule has 88 valence electrons. The second-order valence-electron chi connectivity index (χ2n) is 4.47. The Morgan fingerprint density at radius 2 is 2.00 bits per heavy atom. The summed E-state index contributed by atoms with van der Waals surface area (Å²) in [6.07, 6.45) is 9.83. The minimum absolute atomic E-state index is 0.419. The fraction of sp³-hybridized carbons (Fsp3) is 0.615. The highest BCUT2D eigenvalue weighted by Gasteiger charge is 2.13. The van der Waals surface area contributed by atoms with E-state index in [0.717, 1.165) is 5.56 Å². The monoisotopic (exact) mass is 220 g/mol. The molecule has 16 heavy (non-hydrogen) atoms. The molecule has 0 spiro atoms. The number of aromatic nitrogens is 1. The molecule has 1 saturated carbocycles. The summed E-state index contributed by atoms with van der Waals surface area (Å²) < 4.78 is 5.91. The maximum absolute atomic E-state index is 5.91. The van der Waals surface area contributed by atoms with E-state index in [-0.39, 0.29) is 0 Å². The maximum Gasteiger partial charge on any atom is 0.128 e. The quantitative estimate of drug-likeness (QED) is 0.797. The molecule has 0 unspecified atom stereocenters. The molecule has 0 aliphatic heterocycles. The van der Waals surface area contributed by atoms with E-state index in [0.29, 0.717) is 18.5 Å². The Morgan fingerprint density at radius 3 is 2.69 bits per heavy atom. The fourth-order valence-corrected chi connectivity index (χ4v) is 2.19. The predicted molar refractivity (Wildman–Crippen MR) is 64.9 cm³/mol. The zero-order valence-corrected chi connectivity index (χ0v) is 9.69. The molecule has 1 fully saturated rings. The van der Waals surface area contributed by atoms with Crippen molar-refractivity contribution < 1.29 is 4.74 Å². The summed E-state index contributed by atoms with van der Waals surface area (Å²) in [5, 5.41) is 0. The molecule has 1 aromatic rings. The molecule has 0 saturated heterocycles. The van der Waals surface area contributed by atoms with Crippen LogP contribution >= 0.6 is 0 Å². The largest absolute Gasteiger partial charge is 0.383 e. The van der Waals surface area contributed by atoms with Crippen LogP contribution in [0.25, 0.3) is 0 Å². The molecule has 0 amide bonds. The lowest BCUT2D eigenvalue weighted by Crippen LogP contribution is -2.12. The van der Waals surface area contributed by atoms with Crippen molar-refractivity contribution in [1.82, 2.24) is 4.98 Å². The van der Waals surface area contributed by atoms with Crippen molar-refractivity contribution in [2.24, 2.45) is 0 Å². The normalized spacial score (nSPS) is 18.2. The van der Waals surface area contributed by atoms with Crippen LogP contribution in [0.5, 0.6) is 0 Å². The first kappa shape index (κ1) is 11.4. The highest BCUT2D eigenvalue weighted by atomic mass is 16.5. The number of hydrogen-bond donors (Lipinski definition) is 1. The molecule has 1 aliphatic carbocycles. The van der Waals surface area contributed by atoms with Crippen molar-refractivity contribution in [3.05, 3.63) is 23.9 Å². The molecule has 0 aromatic carbocycles. The van der Waals surface area contributed by atoms with E-state index in [2.05, 4.69) is 4.98 Å². The summed E-state index contributed by atoms with van der Waals surface area (Å²) in [6.45, 7) is 0.602. The van der Waals surface area contributed by atoms with Crippen LogP contribution in [0.2, 0.25) is 0 Å². The molecule has 3 nitrogen and oxygen atoms in total. The standard InChI is InChI=1S/C13H20N2O/c14-13-11(6-5-9-15-13)10-16-12-7-3-1-2-4-8-12/h5-6,9,12H,1-4,7-8,10H2,(H2,14,15). The zero-order chi connectivity index (χ0) is 11.2. The molecule has 2 rings (SSSR count). The van der Waals surface area contributed by atoms with Crippen LogP contribution < -0.4 is 5.73 Å². The third-order valence-electron chi connectivity index (χ3n) is 3.20. The number of rotatable bonds is 3. The van der Waals surface area contributed by atoms with Crippen LogP contribution in [0.15, 0.2) is 18.3 Å². The maximum atomic E-state index is 5.91. The van der Waals surface area contributed by atoms with Gasteiger partial charge in [-0.3, -0.25) is 0 Å². The van der Waals surface area contributed by atoms with Gasteiger partial charge in [0.2, 0.25) is 0 Å². The van der Waals surface area contributed by atoms with Crippen molar-refractivity contribution in [2.45, 2.75) is 51.2 Å². The Morgan fingerprint density at radius 1 is 1.25 bits per heavy atom. The van der Waals surface area contributed by atoms with Crippen LogP contribution in [0, 0.1) is 0 Å². The van der Waals surface area contributed by atoms with Crippen molar-refractivity contribution in [3.8, 4) is 0 Å². The molecular formula is C13H20N2O. The van der Waals surface area contributed by atoms with Gasteiger partial charge in [0.1, 0.15) is 5.82 Å². The van der Waals surface area contributed by atoms with E-state index in [1.807, 2.05) is 12.1 Å². The van der Waals surface area contributed by atoms with Crippen molar-refractivity contribution in [2.75, 3.05) is 5.73 Å². The van der Waals surface area contributed by atoms with Gasteiger partial charge in [0, 0.05) is 11.8 Å². The smallest absolute Gasteiger partial charge is 0.128 e. The molecule has 0 radical (unpaired) electrons. The van der Waals surface area contributed by atoms with Gasteiger partial charge in [-0.2, -0.15) is 0 Å². The van der Waals surface area contributed by atoms with Crippen LogP contribution in [0.3, 0.4) is 0 Å². The molecule has 0 bridgehead atoms. The van der Waals surface area contributed by atoms with Crippen LogP contribution in [-0.2, 0) is 11.3 Å². The highest BCUT2D eigenvalue weighted by Crippen LogP contribution is 2.21. The average Bonchev–Trinajstić information content (AvgIpc) is 2.56. The van der Waals surface area contributed by atoms with Crippen molar-refractivity contribution in [1.29, 1.82) is 0 Å². The van der Waals surface area contributed by atoms with E-state index < -0.39 is 0 Å². The first-order valence-corrected chi connectivity index (χ1v) is 6.17. The van der Waals surface area contributed by atoms with Gasteiger partial charge < -0.3 is 10.5 Å². The fourth-order valence-electron chi connectivity index (χ4n) is 2.19. The third kappa shape index (κ3) is 3.20. The van der Waals surface area contributed by atoms with Gasteiger partial charge in [-0.05, 0) is 18.9 Å². The van der Waals surface area contributed by atoms with Crippen molar-refractivity contribution >= 4 is 5.82 Å². The molecule has 2 N–H and O–H groups in total. The Balaban J connectivity index is 1.84. The number of anilines is 1. The zero-order valence-electron chi connectivity index (χ0n) is 9.69. The van der Waals surface area contributed by atoms with Crippen LogP contribution in [0.4, 0.5) is 5.82 Å². The van der Waals surface area contributed by atoms with Gasteiger partial charge in [-0.25, -0.2) is 4.98 Å². The van der Waals surface area contributed by atoms with Gasteiger partial charge in [0.05, 0.1) is 12.7 Å². The van der Waals surface area contributed by atoms with E-state index in [1.165, 1.54) is 38.5 Å². The van der Waals surface area contributed by atoms with E-state index in [9.17, 15) is 0 Å². The number of ether oxygens (including phenoxy) is 1. The molecule has 1 aromatic heterocycles. The number of hydrogen-bond acceptors (Lipinski definition) is 3. The summed E-state index contributed by atoms with van der Waals surface area (Å²) in [5.41, 5.74) is 6.78. The van der Waals surface area contributed by atoms with Gasteiger partial charge in [-0.1, -0.05) is 31.7 Å². The van der Waals surface area contributed by atoms with Crippen LogP contribution in [0.1, 0.15) is 44.1 Å². The second kappa shape index (κ2) is 5.85. The van der Waals surface area contributed by atoms with E-state index in [1.54, 1.807) is 6.20 Å². The van der Waals surface area contributed by atoms with E-state index in [4.69, 9.17) is 10.5 Å².